The van der Waals surface area contributed by atoms with Gasteiger partial charge in [-0.3, -0.25) is 0 Å². The fourth-order valence-corrected chi connectivity index (χ4v) is 1.00. The average molecular weight is 240 g/mol. The third-order valence-corrected chi connectivity index (χ3v) is 1.90. The first-order valence-electron chi connectivity index (χ1n) is 4.22. The molecule has 0 saturated heterocycles. The minimum absolute atomic E-state index is 0.174. The molecule has 0 unspecified atom stereocenters. The number of aromatic nitrogens is 1. The van der Waals surface area contributed by atoms with E-state index in [-0.39, 0.29) is 5.88 Å². The molecule has 1 heterocycles. The summed E-state index contributed by atoms with van der Waals surface area (Å²) < 4.78 is 40.1. The second-order valence-electron chi connectivity index (χ2n) is 2.85. The summed E-state index contributed by atoms with van der Waals surface area (Å²) in [5.74, 6) is 0.489. The van der Waals surface area contributed by atoms with Gasteiger partial charge in [-0.25, -0.2) is 4.98 Å². The van der Waals surface area contributed by atoms with Crippen LogP contribution in [0.15, 0.2) is 18.3 Å². The number of ether oxygens (including phenoxy) is 1. The SMILES string of the molecule is FC(F)(F)CCOc1ccc(CCl)cn1. The maximum Gasteiger partial charge on any atom is 0.392 e. The zero-order valence-corrected chi connectivity index (χ0v) is 8.48. The quantitative estimate of drug-likeness (QED) is 0.753. The summed E-state index contributed by atoms with van der Waals surface area (Å²) >= 11 is 5.51. The number of halogens is 4. The summed E-state index contributed by atoms with van der Waals surface area (Å²) in [7, 11) is 0. The molecule has 0 N–H and O–H groups in total. The molecule has 0 fully saturated rings. The number of alkyl halides is 4. The van der Waals surface area contributed by atoms with Crippen LogP contribution in [0.4, 0.5) is 13.2 Å². The van der Waals surface area contributed by atoms with Crippen LogP contribution in [0.5, 0.6) is 5.88 Å². The minimum Gasteiger partial charge on any atom is -0.477 e. The zero-order chi connectivity index (χ0) is 11.3. The Bertz CT molecular complexity index is 299. The number of pyridine rings is 1. The first-order valence-corrected chi connectivity index (χ1v) is 4.75. The lowest BCUT2D eigenvalue weighted by molar-refractivity contribution is -0.139. The van der Waals surface area contributed by atoms with E-state index in [2.05, 4.69) is 4.98 Å². The molecule has 1 rings (SSSR count). The van der Waals surface area contributed by atoms with Crippen molar-refractivity contribution >= 4 is 11.6 Å². The highest BCUT2D eigenvalue weighted by atomic mass is 35.5. The lowest BCUT2D eigenvalue weighted by atomic mass is 10.3. The van der Waals surface area contributed by atoms with E-state index in [1.807, 2.05) is 0 Å². The van der Waals surface area contributed by atoms with Crippen LogP contribution in [0, 0.1) is 0 Å². The lowest BCUT2D eigenvalue weighted by Crippen LogP contribution is -2.13. The van der Waals surface area contributed by atoms with Gasteiger partial charge in [0.1, 0.15) is 0 Å². The predicted molar refractivity (Wildman–Crippen MR) is 50.0 cm³/mol. The summed E-state index contributed by atoms with van der Waals surface area (Å²) in [5.41, 5.74) is 0.792. The minimum atomic E-state index is -4.20. The summed E-state index contributed by atoms with van der Waals surface area (Å²) in [4.78, 5) is 3.80. The maximum atomic E-state index is 11.8. The number of nitrogens with zero attached hydrogens (tertiary/aromatic N) is 1. The normalized spacial score (nSPS) is 11.5. The lowest BCUT2D eigenvalue weighted by Gasteiger charge is -2.07. The van der Waals surface area contributed by atoms with Gasteiger partial charge < -0.3 is 4.74 Å². The van der Waals surface area contributed by atoms with Gasteiger partial charge in [-0.15, -0.1) is 11.6 Å². The first kappa shape index (κ1) is 12.1. The van der Waals surface area contributed by atoms with Crippen LogP contribution < -0.4 is 4.74 Å². The molecule has 6 heteroatoms. The molecule has 0 atom stereocenters. The highest BCUT2D eigenvalue weighted by Gasteiger charge is 2.26. The Morgan fingerprint density at radius 3 is 2.53 bits per heavy atom. The molecule has 0 aliphatic heterocycles. The van der Waals surface area contributed by atoms with Crippen LogP contribution in [-0.4, -0.2) is 17.8 Å². The third-order valence-electron chi connectivity index (χ3n) is 1.59. The van der Waals surface area contributed by atoms with Gasteiger partial charge in [0.25, 0.3) is 0 Å². The smallest absolute Gasteiger partial charge is 0.392 e. The van der Waals surface area contributed by atoms with E-state index in [0.717, 1.165) is 5.56 Å². The number of hydrogen-bond acceptors (Lipinski definition) is 2. The van der Waals surface area contributed by atoms with Crippen molar-refractivity contribution in [2.45, 2.75) is 18.5 Å². The van der Waals surface area contributed by atoms with Crippen LogP contribution in [0.1, 0.15) is 12.0 Å². The Labute approximate surface area is 90.0 Å². The standard InChI is InChI=1S/C9H9ClF3NO/c10-5-7-1-2-8(14-6-7)15-4-3-9(11,12)13/h1-2,6H,3-5H2. The van der Waals surface area contributed by atoms with E-state index in [4.69, 9.17) is 16.3 Å². The average Bonchev–Trinajstić information content (AvgIpc) is 2.17. The van der Waals surface area contributed by atoms with Gasteiger partial charge in [0.15, 0.2) is 0 Å². The Balaban J connectivity index is 2.38. The second kappa shape index (κ2) is 5.21. The molecule has 0 aromatic carbocycles. The molecular weight excluding hydrogens is 231 g/mol. The van der Waals surface area contributed by atoms with Crippen LogP contribution >= 0.6 is 11.6 Å². The summed E-state index contributed by atoms with van der Waals surface area (Å²) in [6, 6.07) is 3.15. The van der Waals surface area contributed by atoms with Crippen molar-refractivity contribution < 1.29 is 17.9 Å². The van der Waals surface area contributed by atoms with Crippen LogP contribution in [0.25, 0.3) is 0 Å². The molecule has 0 amide bonds. The van der Waals surface area contributed by atoms with Crippen molar-refractivity contribution in [3.8, 4) is 5.88 Å². The maximum absolute atomic E-state index is 11.8. The largest absolute Gasteiger partial charge is 0.477 e. The highest BCUT2D eigenvalue weighted by Crippen LogP contribution is 2.19. The monoisotopic (exact) mass is 239 g/mol. The zero-order valence-electron chi connectivity index (χ0n) is 7.72. The van der Waals surface area contributed by atoms with Crippen LogP contribution in [0.3, 0.4) is 0 Å². The third kappa shape index (κ3) is 4.88. The Hall–Kier alpha value is -0.970. The Morgan fingerprint density at radius 2 is 2.07 bits per heavy atom. The molecule has 0 aliphatic rings. The van der Waals surface area contributed by atoms with Crippen molar-refractivity contribution in [1.82, 2.24) is 4.98 Å². The molecular formula is C9H9ClF3NO. The van der Waals surface area contributed by atoms with Crippen molar-refractivity contribution in [3.63, 3.8) is 0 Å². The van der Waals surface area contributed by atoms with E-state index < -0.39 is 19.2 Å². The van der Waals surface area contributed by atoms with Crippen molar-refractivity contribution in [3.05, 3.63) is 23.9 Å². The molecule has 15 heavy (non-hydrogen) atoms. The van der Waals surface area contributed by atoms with Crippen molar-refractivity contribution in [2.24, 2.45) is 0 Å². The fourth-order valence-electron chi connectivity index (χ4n) is 0.847. The predicted octanol–water partition coefficient (Wildman–Crippen LogP) is 3.15. The van der Waals surface area contributed by atoms with Gasteiger partial charge >= 0.3 is 6.18 Å². The van der Waals surface area contributed by atoms with Gasteiger partial charge in [0.2, 0.25) is 5.88 Å². The molecule has 0 spiro atoms. The summed E-state index contributed by atoms with van der Waals surface area (Å²) in [5, 5.41) is 0. The van der Waals surface area contributed by atoms with Gasteiger partial charge in [0, 0.05) is 18.1 Å². The van der Waals surface area contributed by atoms with Crippen molar-refractivity contribution in [2.75, 3.05) is 6.61 Å². The molecule has 84 valence electrons. The van der Waals surface area contributed by atoms with Crippen LogP contribution in [0.2, 0.25) is 0 Å². The Kier molecular flexibility index (Phi) is 4.20. The van der Waals surface area contributed by atoms with Gasteiger partial charge in [-0.1, -0.05) is 6.07 Å². The second-order valence-corrected chi connectivity index (χ2v) is 3.12. The highest BCUT2D eigenvalue weighted by molar-refractivity contribution is 6.17. The van der Waals surface area contributed by atoms with Crippen LogP contribution in [-0.2, 0) is 5.88 Å². The van der Waals surface area contributed by atoms with E-state index >= 15 is 0 Å². The molecule has 0 aliphatic carbocycles. The topological polar surface area (TPSA) is 22.1 Å². The van der Waals surface area contributed by atoms with E-state index in [0.29, 0.717) is 5.88 Å². The van der Waals surface area contributed by atoms with Gasteiger partial charge in [-0.2, -0.15) is 13.2 Å². The van der Waals surface area contributed by atoms with Gasteiger partial charge in [-0.05, 0) is 5.56 Å². The van der Waals surface area contributed by atoms with E-state index in [9.17, 15) is 13.2 Å². The summed E-state index contributed by atoms with van der Waals surface area (Å²) in [6.07, 6.45) is -3.71. The fraction of sp³-hybridized carbons (Fsp3) is 0.444. The van der Waals surface area contributed by atoms with Gasteiger partial charge in [0.05, 0.1) is 13.0 Å². The molecule has 1 aromatic rings. The summed E-state index contributed by atoms with van der Waals surface area (Å²) in [6.45, 7) is -0.420. The number of hydrogen-bond donors (Lipinski definition) is 0. The Morgan fingerprint density at radius 1 is 1.33 bits per heavy atom. The molecule has 0 radical (unpaired) electrons. The van der Waals surface area contributed by atoms with Crippen molar-refractivity contribution in [1.29, 1.82) is 0 Å². The molecule has 0 saturated carbocycles. The first-order chi connectivity index (χ1) is 7.01. The van der Waals surface area contributed by atoms with E-state index in [1.54, 1.807) is 6.07 Å². The molecule has 1 aromatic heterocycles. The molecule has 2 nitrogen and oxygen atoms in total. The van der Waals surface area contributed by atoms with E-state index in [1.165, 1.54) is 12.3 Å². The number of rotatable bonds is 4. The molecule has 0 bridgehead atoms.